The number of hydrogen-bond donors (Lipinski definition) is 3. The van der Waals surface area contributed by atoms with Crippen molar-refractivity contribution in [2.45, 2.75) is 31.4 Å². The molecule has 1 aromatic rings. The van der Waals surface area contributed by atoms with E-state index in [4.69, 9.17) is 22.1 Å². The van der Waals surface area contributed by atoms with Gasteiger partial charge in [0.05, 0.1) is 28.4 Å². The molecule has 0 aromatic heterocycles. The van der Waals surface area contributed by atoms with Crippen LogP contribution in [0.3, 0.4) is 0 Å². The molecule has 0 radical (unpaired) electrons. The second kappa shape index (κ2) is 5.67. The molecule has 6 heteroatoms. The van der Waals surface area contributed by atoms with Crippen molar-refractivity contribution in [2.24, 2.45) is 0 Å². The number of benzene rings is 1. The minimum Gasteiger partial charge on any atom is -0.478 e. The van der Waals surface area contributed by atoms with E-state index in [0.717, 1.165) is 19.3 Å². The molecule has 0 aliphatic heterocycles. The van der Waals surface area contributed by atoms with Gasteiger partial charge in [0.1, 0.15) is 0 Å². The Morgan fingerprint density at radius 2 is 2.26 bits per heavy atom. The van der Waals surface area contributed by atoms with Crippen molar-refractivity contribution in [1.82, 2.24) is 0 Å². The Kier molecular flexibility index (Phi) is 4.17. The average molecular weight is 285 g/mol. The number of halogens is 1. The Hall–Kier alpha value is -1.46. The lowest BCUT2D eigenvalue weighted by Gasteiger charge is -2.22. The van der Waals surface area contributed by atoms with Gasteiger partial charge in [-0.05, 0) is 31.4 Å². The molecule has 104 valence electrons. The van der Waals surface area contributed by atoms with Crippen LogP contribution in [0.4, 0.5) is 11.4 Å². The zero-order valence-electron chi connectivity index (χ0n) is 10.6. The monoisotopic (exact) mass is 284 g/mol. The minimum atomic E-state index is -1.05. The molecule has 1 aliphatic carbocycles. The lowest BCUT2D eigenvalue weighted by Crippen LogP contribution is -2.30. The number of anilines is 2. The third kappa shape index (κ3) is 2.93. The number of nitrogens with two attached hydrogens (primary N) is 1. The first-order chi connectivity index (χ1) is 9.02. The summed E-state index contributed by atoms with van der Waals surface area (Å²) in [5.74, 6) is -1.05. The van der Waals surface area contributed by atoms with E-state index < -0.39 is 5.97 Å². The van der Waals surface area contributed by atoms with Gasteiger partial charge in [-0.2, -0.15) is 0 Å². The molecule has 1 fully saturated rings. The molecule has 0 saturated heterocycles. The summed E-state index contributed by atoms with van der Waals surface area (Å²) in [5, 5.41) is 12.7. The first kappa shape index (κ1) is 14.0. The number of ether oxygens (including phenoxy) is 1. The van der Waals surface area contributed by atoms with Crippen LogP contribution in [0, 0.1) is 0 Å². The summed E-state index contributed by atoms with van der Waals surface area (Å²) < 4.78 is 5.38. The fraction of sp³-hybridized carbons (Fsp3) is 0.462. The smallest absolute Gasteiger partial charge is 0.337 e. The lowest BCUT2D eigenvalue weighted by atomic mass is 10.1. The quantitative estimate of drug-likeness (QED) is 0.740. The Morgan fingerprint density at radius 1 is 1.53 bits per heavy atom. The van der Waals surface area contributed by atoms with E-state index >= 15 is 0 Å². The van der Waals surface area contributed by atoms with Gasteiger partial charge in [0.2, 0.25) is 0 Å². The van der Waals surface area contributed by atoms with Crippen molar-refractivity contribution in [3.8, 4) is 0 Å². The first-order valence-corrected chi connectivity index (χ1v) is 6.52. The largest absolute Gasteiger partial charge is 0.478 e. The third-order valence-corrected chi connectivity index (χ3v) is 3.73. The van der Waals surface area contributed by atoms with E-state index in [-0.39, 0.29) is 17.7 Å². The predicted molar refractivity (Wildman–Crippen MR) is 74.9 cm³/mol. The van der Waals surface area contributed by atoms with Crippen molar-refractivity contribution in [2.75, 3.05) is 18.2 Å². The van der Waals surface area contributed by atoms with Gasteiger partial charge in [-0.25, -0.2) is 4.79 Å². The molecule has 19 heavy (non-hydrogen) atoms. The average Bonchev–Trinajstić information content (AvgIpc) is 2.79. The predicted octanol–water partition coefficient (Wildman–Crippen LogP) is 2.60. The van der Waals surface area contributed by atoms with Crippen LogP contribution >= 0.6 is 11.6 Å². The SMILES string of the molecule is COC1CCCC1Nc1c(Cl)cc(N)cc1C(=O)O. The lowest BCUT2D eigenvalue weighted by molar-refractivity contribution is 0.0697. The normalized spacial score (nSPS) is 22.4. The maximum atomic E-state index is 11.3. The topological polar surface area (TPSA) is 84.6 Å². The minimum absolute atomic E-state index is 0.0734. The number of carbonyl (C=O) groups is 1. The van der Waals surface area contributed by atoms with Crippen molar-refractivity contribution >= 4 is 28.9 Å². The molecule has 0 spiro atoms. The van der Waals surface area contributed by atoms with E-state index in [1.54, 1.807) is 13.2 Å². The number of carboxylic acid groups (broad SMARTS) is 1. The zero-order valence-corrected chi connectivity index (χ0v) is 11.4. The molecule has 2 atom stereocenters. The second-order valence-electron chi connectivity index (χ2n) is 4.69. The first-order valence-electron chi connectivity index (χ1n) is 6.14. The summed E-state index contributed by atoms with van der Waals surface area (Å²) in [4.78, 5) is 11.3. The Morgan fingerprint density at radius 3 is 2.89 bits per heavy atom. The van der Waals surface area contributed by atoms with Gasteiger partial charge in [-0.3, -0.25) is 0 Å². The third-order valence-electron chi connectivity index (χ3n) is 3.43. The zero-order chi connectivity index (χ0) is 14.0. The van der Waals surface area contributed by atoms with Gasteiger partial charge < -0.3 is 20.9 Å². The standard InChI is InChI=1S/C13H17ClN2O3/c1-19-11-4-2-3-10(11)16-12-8(13(17)18)5-7(15)6-9(12)14/h5-6,10-11,16H,2-4,15H2,1H3,(H,17,18). The van der Waals surface area contributed by atoms with Crippen LogP contribution in [0.1, 0.15) is 29.6 Å². The molecule has 0 bridgehead atoms. The molecule has 1 saturated carbocycles. The number of nitrogens with one attached hydrogen (secondary N) is 1. The number of aromatic carboxylic acids is 1. The molecule has 2 rings (SSSR count). The Labute approximate surface area is 116 Å². The van der Waals surface area contributed by atoms with Crippen LogP contribution in [0.25, 0.3) is 0 Å². The van der Waals surface area contributed by atoms with E-state index in [1.807, 2.05) is 0 Å². The van der Waals surface area contributed by atoms with E-state index in [0.29, 0.717) is 16.4 Å². The fourth-order valence-corrected chi connectivity index (χ4v) is 2.78. The van der Waals surface area contributed by atoms with Crippen LogP contribution in [-0.4, -0.2) is 30.3 Å². The number of carboxylic acids is 1. The summed E-state index contributed by atoms with van der Waals surface area (Å²) in [6.45, 7) is 0. The molecule has 0 heterocycles. The summed E-state index contributed by atoms with van der Waals surface area (Å²) in [5.41, 5.74) is 6.47. The van der Waals surface area contributed by atoms with Crippen LogP contribution in [0.15, 0.2) is 12.1 Å². The Bertz CT molecular complexity index is 493. The molecule has 1 aromatic carbocycles. The van der Waals surface area contributed by atoms with Crippen molar-refractivity contribution in [3.05, 3.63) is 22.7 Å². The molecule has 2 unspecified atom stereocenters. The number of rotatable bonds is 4. The van der Waals surface area contributed by atoms with Crippen LogP contribution in [-0.2, 0) is 4.74 Å². The number of hydrogen-bond acceptors (Lipinski definition) is 4. The fourth-order valence-electron chi connectivity index (χ4n) is 2.50. The maximum absolute atomic E-state index is 11.3. The van der Waals surface area contributed by atoms with Crippen LogP contribution in [0.5, 0.6) is 0 Å². The van der Waals surface area contributed by atoms with Crippen LogP contribution < -0.4 is 11.1 Å². The van der Waals surface area contributed by atoms with Gasteiger partial charge in [-0.15, -0.1) is 0 Å². The van der Waals surface area contributed by atoms with Gasteiger partial charge >= 0.3 is 5.97 Å². The molecular formula is C13H17ClN2O3. The van der Waals surface area contributed by atoms with Gasteiger partial charge in [0.25, 0.3) is 0 Å². The molecule has 4 N–H and O–H groups in total. The molecular weight excluding hydrogens is 268 g/mol. The molecule has 5 nitrogen and oxygen atoms in total. The summed E-state index contributed by atoms with van der Waals surface area (Å²) in [6, 6.07) is 3.03. The molecule has 1 aliphatic rings. The molecule has 0 amide bonds. The van der Waals surface area contributed by atoms with Gasteiger partial charge in [0.15, 0.2) is 0 Å². The summed E-state index contributed by atoms with van der Waals surface area (Å²) in [7, 11) is 1.66. The maximum Gasteiger partial charge on any atom is 0.337 e. The van der Waals surface area contributed by atoms with Gasteiger partial charge in [-0.1, -0.05) is 11.6 Å². The highest BCUT2D eigenvalue weighted by atomic mass is 35.5. The summed E-state index contributed by atoms with van der Waals surface area (Å²) >= 11 is 6.10. The van der Waals surface area contributed by atoms with E-state index in [1.165, 1.54) is 6.07 Å². The van der Waals surface area contributed by atoms with Gasteiger partial charge in [0, 0.05) is 12.8 Å². The highest BCUT2D eigenvalue weighted by Crippen LogP contribution is 2.33. The highest BCUT2D eigenvalue weighted by molar-refractivity contribution is 6.34. The number of methoxy groups -OCH3 is 1. The van der Waals surface area contributed by atoms with E-state index in [2.05, 4.69) is 5.32 Å². The van der Waals surface area contributed by atoms with Crippen molar-refractivity contribution in [3.63, 3.8) is 0 Å². The highest BCUT2D eigenvalue weighted by Gasteiger charge is 2.28. The van der Waals surface area contributed by atoms with Crippen molar-refractivity contribution in [1.29, 1.82) is 0 Å². The van der Waals surface area contributed by atoms with Crippen LogP contribution in [0.2, 0.25) is 5.02 Å². The summed E-state index contributed by atoms with van der Waals surface area (Å²) in [6.07, 6.45) is 3.02. The van der Waals surface area contributed by atoms with Crippen molar-refractivity contribution < 1.29 is 14.6 Å². The Balaban J connectivity index is 2.31. The van der Waals surface area contributed by atoms with E-state index in [9.17, 15) is 9.90 Å². The second-order valence-corrected chi connectivity index (χ2v) is 5.09. The number of nitrogen functional groups attached to an aromatic ring is 1.